The van der Waals surface area contributed by atoms with Gasteiger partial charge >= 0.3 is 0 Å². The van der Waals surface area contributed by atoms with Gasteiger partial charge in [-0.2, -0.15) is 5.10 Å². The first-order valence-electron chi connectivity index (χ1n) is 5.73. The largest absolute Gasteiger partial charge is 0.362 e. The Balaban J connectivity index is 2.11. The molecule has 0 spiro atoms. The van der Waals surface area contributed by atoms with Gasteiger partial charge in [0.25, 0.3) is 0 Å². The summed E-state index contributed by atoms with van der Waals surface area (Å²) in [5.41, 5.74) is 2.40. The van der Waals surface area contributed by atoms with Crippen LogP contribution in [0.3, 0.4) is 0 Å². The van der Waals surface area contributed by atoms with Gasteiger partial charge in [0, 0.05) is 11.9 Å². The summed E-state index contributed by atoms with van der Waals surface area (Å²) in [6.45, 7) is 1.86. The molecule has 0 aliphatic carbocycles. The van der Waals surface area contributed by atoms with E-state index in [2.05, 4.69) is 20.5 Å². The standard InChI is InChI=1S/C13H12Cl2N4S/c1-8-12(17-13(20-2)19-18-8)5-6-16-9-3-4-10(14)11(15)7-9/h3-7,16H,1-2H3. The molecule has 4 nitrogen and oxygen atoms in total. The summed E-state index contributed by atoms with van der Waals surface area (Å²) in [4.78, 5) is 4.37. The Kier molecular flexibility index (Phi) is 5.23. The van der Waals surface area contributed by atoms with Gasteiger partial charge in [0.1, 0.15) is 0 Å². The van der Waals surface area contributed by atoms with Gasteiger partial charge in [0.15, 0.2) is 0 Å². The van der Waals surface area contributed by atoms with Crippen molar-refractivity contribution < 1.29 is 0 Å². The fourth-order valence-corrected chi connectivity index (χ4v) is 2.03. The van der Waals surface area contributed by atoms with Crippen LogP contribution < -0.4 is 5.32 Å². The van der Waals surface area contributed by atoms with E-state index in [0.717, 1.165) is 17.1 Å². The van der Waals surface area contributed by atoms with Crippen LogP contribution in [0.2, 0.25) is 10.0 Å². The average Bonchev–Trinajstić information content (AvgIpc) is 2.45. The van der Waals surface area contributed by atoms with Crippen molar-refractivity contribution in [1.82, 2.24) is 15.2 Å². The monoisotopic (exact) mass is 326 g/mol. The molecule has 104 valence electrons. The molecule has 2 aromatic rings. The van der Waals surface area contributed by atoms with Crippen molar-refractivity contribution in [1.29, 1.82) is 0 Å². The molecule has 1 aromatic carbocycles. The molecule has 0 aliphatic heterocycles. The lowest BCUT2D eigenvalue weighted by atomic mass is 10.3. The lowest BCUT2D eigenvalue weighted by Crippen LogP contribution is -1.98. The zero-order valence-corrected chi connectivity index (χ0v) is 13.2. The number of nitrogens with one attached hydrogen (secondary N) is 1. The van der Waals surface area contributed by atoms with Crippen LogP contribution in [-0.2, 0) is 0 Å². The fraction of sp³-hybridized carbons (Fsp3) is 0.154. The van der Waals surface area contributed by atoms with E-state index >= 15 is 0 Å². The normalized spacial score (nSPS) is 11.0. The lowest BCUT2D eigenvalue weighted by Gasteiger charge is -2.03. The second-order valence-electron chi connectivity index (χ2n) is 3.88. The van der Waals surface area contributed by atoms with Crippen molar-refractivity contribution in [3.63, 3.8) is 0 Å². The highest BCUT2D eigenvalue weighted by Gasteiger charge is 2.01. The number of aromatic nitrogens is 3. The third-order valence-electron chi connectivity index (χ3n) is 2.47. The molecule has 7 heteroatoms. The molecule has 0 unspecified atom stereocenters. The zero-order chi connectivity index (χ0) is 14.5. The minimum Gasteiger partial charge on any atom is -0.362 e. The molecule has 1 N–H and O–H groups in total. The number of thioether (sulfide) groups is 1. The van der Waals surface area contributed by atoms with E-state index < -0.39 is 0 Å². The second kappa shape index (κ2) is 6.92. The molecule has 0 saturated carbocycles. The van der Waals surface area contributed by atoms with Crippen LogP contribution in [0.1, 0.15) is 11.4 Å². The summed E-state index contributed by atoms with van der Waals surface area (Å²) in [5.74, 6) is 0. The molecule has 0 radical (unpaired) electrons. The summed E-state index contributed by atoms with van der Waals surface area (Å²) >= 11 is 13.3. The van der Waals surface area contributed by atoms with Gasteiger partial charge in [0.2, 0.25) is 5.16 Å². The Morgan fingerprint density at radius 3 is 2.70 bits per heavy atom. The molecular weight excluding hydrogens is 315 g/mol. The molecule has 0 aliphatic rings. The maximum atomic E-state index is 5.95. The van der Waals surface area contributed by atoms with Gasteiger partial charge < -0.3 is 5.32 Å². The number of hydrogen-bond donors (Lipinski definition) is 1. The maximum absolute atomic E-state index is 5.95. The van der Waals surface area contributed by atoms with Crippen LogP contribution in [0.5, 0.6) is 0 Å². The fourth-order valence-electron chi connectivity index (χ4n) is 1.42. The Morgan fingerprint density at radius 1 is 1.20 bits per heavy atom. The zero-order valence-electron chi connectivity index (χ0n) is 10.9. The summed E-state index contributed by atoms with van der Waals surface area (Å²) in [7, 11) is 0. The van der Waals surface area contributed by atoms with E-state index in [1.165, 1.54) is 11.8 Å². The summed E-state index contributed by atoms with van der Waals surface area (Å²) in [6.07, 6.45) is 5.53. The minimum absolute atomic E-state index is 0.509. The van der Waals surface area contributed by atoms with Gasteiger partial charge in [-0.3, -0.25) is 0 Å². The first-order valence-corrected chi connectivity index (χ1v) is 7.71. The minimum atomic E-state index is 0.509. The Morgan fingerprint density at radius 2 is 2.00 bits per heavy atom. The van der Waals surface area contributed by atoms with E-state index in [1.54, 1.807) is 18.3 Å². The van der Waals surface area contributed by atoms with Crippen molar-refractivity contribution in [3.05, 3.63) is 45.8 Å². The maximum Gasteiger partial charge on any atom is 0.209 e. The predicted octanol–water partition coefficient (Wildman–Crippen LogP) is 4.29. The first kappa shape index (κ1) is 15.1. The number of nitrogens with zero attached hydrogens (tertiary/aromatic N) is 3. The molecule has 2 rings (SSSR count). The Labute approximate surface area is 131 Å². The average molecular weight is 327 g/mol. The number of hydrogen-bond acceptors (Lipinski definition) is 5. The van der Waals surface area contributed by atoms with Crippen molar-refractivity contribution in [2.24, 2.45) is 0 Å². The highest BCUT2D eigenvalue weighted by molar-refractivity contribution is 7.98. The van der Waals surface area contributed by atoms with E-state index in [0.29, 0.717) is 15.2 Å². The van der Waals surface area contributed by atoms with Crippen LogP contribution in [0, 0.1) is 6.92 Å². The first-order chi connectivity index (χ1) is 9.60. The highest BCUT2D eigenvalue weighted by Crippen LogP contribution is 2.25. The summed E-state index contributed by atoms with van der Waals surface area (Å²) in [5, 5.41) is 12.8. The van der Waals surface area contributed by atoms with Crippen molar-refractivity contribution in [2.45, 2.75) is 12.1 Å². The molecule has 0 saturated heterocycles. The molecule has 1 aromatic heterocycles. The predicted molar refractivity (Wildman–Crippen MR) is 85.5 cm³/mol. The van der Waals surface area contributed by atoms with E-state index in [4.69, 9.17) is 23.2 Å². The van der Waals surface area contributed by atoms with Gasteiger partial charge in [0.05, 0.1) is 21.4 Å². The number of aryl methyl sites for hydroxylation is 1. The molecule has 0 amide bonds. The second-order valence-corrected chi connectivity index (χ2v) is 5.46. The van der Waals surface area contributed by atoms with Gasteiger partial charge in [-0.15, -0.1) is 5.10 Å². The molecule has 0 atom stereocenters. The summed E-state index contributed by atoms with van der Waals surface area (Å²) in [6, 6.07) is 5.34. The van der Waals surface area contributed by atoms with Crippen LogP contribution >= 0.6 is 35.0 Å². The quantitative estimate of drug-likeness (QED) is 0.849. The van der Waals surface area contributed by atoms with Crippen LogP contribution in [0.15, 0.2) is 29.6 Å². The smallest absolute Gasteiger partial charge is 0.209 e. The SMILES string of the molecule is CSc1nnc(C)c(C=CNc2ccc(Cl)c(Cl)c2)n1. The van der Waals surface area contributed by atoms with Gasteiger partial charge in [-0.1, -0.05) is 35.0 Å². The third-order valence-corrected chi connectivity index (χ3v) is 3.74. The van der Waals surface area contributed by atoms with Crippen molar-refractivity contribution in [3.8, 4) is 0 Å². The van der Waals surface area contributed by atoms with Crippen LogP contribution in [-0.4, -0.2) is 21.4 Å². The molecular formula is C13H12Cl2N4S. The molecule has 0 fully saturated rings. The highest BCUT2D eigenvalue weighted by atomic mass is 35.5. The van der Waals surface area contributed by atoms with Crippen molar-refractivity contribution >= 4 is 46.7 Å². The van der Waals surface area contributed by atoms with E-state index in [1.807, 2.05) is 25.3 Å². The van der Waals surface area contributed by atoms with E-state index in [9.17, 15) is 0 Å². The molecule has 20 heavy (non-hydrogen) atoms. The van der Waals surface area contributed by atoms with Gasteiger partial charge in [-0.25, -0.2) is 4.98 Å². The Hall–Kier alpha value is -1.30. The van der Waals surface area contributed by atoms with E-state index in [-0.39, 0.29) is 0 Å². The lowest BCUT2D eigenvalue weighted by molar-refractivity contribution is 0.807. The van der Waals surface area contributed by atoms with Crippen LogP contribution in [0.4, 0.5) is 5.69 Å². The molecule has 1 heterocycles. The third kappa shape index (κ3) is 3.85. The van der Waals surface area contributed by atoms with Gasteiger partial charge in [-0.05, 0) is 37.5 Å². The van der Waals surface area contributed by atoms with Crippen LogP contribution in [0.25, 0.3) is 6.08 Å². The number of halogens is 2. The summed E-state index contributed by atoms with van der Waals surface area (Å²) < 4.78 is 0. The number of anilines is 1. The molecule has 0 bridgehead atoms. The Bertz CT molecular complexity index is 646. The van der Waals surface area contributed by atoms with Crippen molar-refractivity contribution in [2.75, 3.05) is 11.6 Å². The topological polar surface area (TPSA) is 50.7 Å². The number of rotatable bonds is 4. The number of benzene rings is 1.